The second-order valence-electron chi connectivity index (χ2n) is 3.70. The Morgan fingerprint density at radius 1 is 1.59 bits per heavy atom. The van der Waals surface area contributed by atoms with Gasteiger partial charge in [0.2, 0.25) is 5.91 Å². The third-order valence-electron chi connectivity index (χ3n) is 2.35. The molecule has 0 aromatic heterocycles. The Bertz CT molecular complexity index is 382. The van der Waals surface area contributed by atoms with Crippen molar-refractivity contribution in [3.8, 4) is 0 Å². The maximum atomic E-state index is 11.2. The minimum absolute atomic E-state index is 0.281. The van der Waals surface area contributed by atoms with Gasteiger partial charge in [0.1, 0.15) is 6.10 Å². The number of halogens is 1. The van der Waals surface area contributed by atoms with Crippen LogP contribution in [-0.4, -0.2) is 30.8 Å². The summed E-state index contributed by atoms with van der Waals surface area (Å²) in [5.74, 6) is -0.422. The predicted octanol–water partition coefficient (Wildman–Crippen LogP) is 1.52. The van der Waals surface area contributed by atoms with Crippen LogP contribution in [0.15, 0.2) is 24.3 Å². The Kier molecular flexibility index (Phi) is 5.41. The molecule has 4 nitrogen and oxygen atoms in total. The van der Waals surface area contributed by atoms with Gasteiger partial charge < -0.3 is 15.2 Å². The molecule has 1 rings (SSSR count). The third-order valence-corrected chi connectivity index (χ3v) is 2.58. The number of hydrogen-bond donors (Lipinski definition) is 2. The number of nitrogens with one attached hydrogen (secondary N) is 1. The standard InChI is InChI=1S/C12H16ClNO3/c1-8(15)12(16)14-7-11(17-2)9-4-3-5-10(13)6-9/h3-6,8,11,15H,7H2,1-2H3,(H,14,16). The normalized spacial score (nSPS) is 14.1. The van der Waals surface area contributed by atoms with E-state index in [1.807, 2.05) is 12.1 Å². The van der Waals surface area contributed by atoms with E-state index in [2.05, 4.69) is 5.32 Å². The molecule has 0 heterocycles. The van der Waals surface area contributed by atoms with Crippen LogP contribution >= 0.6 is 11.6 Å². The van der Waals surface area contributed by atoms with E-state index in [1.54, 1.807) is 19.2 Å². The van der Waals surface area contributed by atoms with Crippen LogP contribution in [0.25, 0.3) is 0 Å². The molecule has 2 atom stereocenters. The first-order chi connectivity index (χ1) is 8.04. The van der Waals surface area contributed by atoms with E-state index < -0.39 is 12.0 Å². The fourth-order valence-electron chi connectivity index (χ4n) is 1.39. The number of carbonyl (C=O) groups excluding carboxylic acids is 1. The van der Waals surface area contributed by atoms with E-state index in [0.29, 0.717) is 11.6 Å². The molecule has 0 saturated carbocycles. The maximum Gasteiger partial charge on any atom is 0.248 e. The Morgan fingerprint density at radius 3 is 2.82 bits per heavy atom. The lowest BCUT2D eigenvalue weighted by molar-refractivity contribution is -0.129. The van der Waals surface area contributed by atoms with Crippen LogP contribution in [0.1, 0.15) is 18.6 Å². The molecule has 0 aliphatic heterocycles. The summed E-state index contributed by atoms with van der Waals surface area (Å²) in [6, 6.07) is 7.24. The summed E-state index contributed by atoms with van der Waals surface area (Å²) in [5, 5.41) is 12.3. The molecule has 1 amide bonds. The Balaban J connectivity index is 2.63. The molecule has 1 aromatic rings. The van der Waals surface area contributed by atoms with E-state index in [9.17, 15) is 4.79 Å². The Hall–Kier alpha value is -1.10. The summed E-state index contributed by atoms with van der Waals surface area (Å²) in [5.41, 5.74) is 0.880. The van der Waals surface area contributed by atoms with Gasteiger partial charge >= 0.3 is 0 Å². The largest absolute Gasteiger partial charge is 0.384 e. The number of aliphatic hydroxyl groups is 1. The second kappa shape index (κ2) is 6.59. The Morgan fingerprint density at radius 2 is 2.29 bits per heavy atom. The van der Waals surface area contributed by atoms with Crippen LogP contribution in [0.5, 0.6) is 0 Å². The van der Waals surface area contributed by atoms with E-state index >= 15 is 0 Å². The van der Waals surface area contributed by atoms with E-state index in [1.165, 1.54) is 6.92 Å². The Labute approximate surface area is 106 Å². The summed E-state index contributed by atoms with van der Waals surface area (Å²) < 4.78 is 5.27. The highest BCUT2D eigenvalue weighted by Crippen LogP contribution is 2.19. The smallest absolute Gasteiger partial charge is 0.248 e. The van der Waals surface area contributed by atoms with Crippen molar-refractivity contribution in [3.63, 3.8) is 0 Å². The lowest BCUT2D eigenvalue weighted by Gasteiger charge is -2.17. The van der Waals surface area contributed by atoms with E-state index in [0.717, 1.165) is 5.56 Å². The zero-order chi connectivity index (χ0) is 12.8. The highest BCUT2D eigenvalue weighted by atomic mass is 35.5. The second-order valence-corrected chi connectivity index (χ2v) is 4.14. The number of carbonyl (C=O) groups is 1. The summed E-state index contributed by atoms with van der Waals surface area (Å²) in [4.78, 5) is 11.2. The lowest BCUT2D eigenvalue weighted by Crippen LogP contribution is -2.35. The van der Waals surface area contributed by atoms with Crippen molar-refractivity contribution in [2.45, 2.75) is 19.1 Å². The SMILES string of the molecule is COC(CNC(=O)C(C)O)c1cccc(Cl)c1. The average molecular weight is 258 g/mol. The maximum absolute atomic E-state index is 11.2. The molecule has 0 spiro atoms. The molecule has 0 radical (unpaired) electrons. The van der Waals surface area contributed by atoms with Crippen molar-refractivity contribution in [2.24, 2.45) is 0 Å². The van der Waals surface area contributed by atoms with Crippen LogP contribution in [0.3, 0.4) is 0 Å². The fourth-order valence-corrected chi connectivity index (χ4v) is 1.58. The molecule has 5 heteroatoms. The molecule has 94 valence electrons. The van der Waals surface area contributed by atoms with Gasteiger partial charge in [0.05, 0.1) is 6.10 Å². The number of hydrogen-bond acceptors (Lipinski definition) is 3. The van der Waals surface area contributed by atoms with E-state index in [-0.39, 0.29) is 6.10 Å². The summed E-state index contributed by atoms with van der Waals surface area (Å²) in [7, 11) is 1.56. The molecule has 2 unspecified atom stereocenters. The number of rotatable bonds is 5. The molecule has 17 heavy (non-hydrogen) atoms. The number of aliphatic hydroxyl groups excluding tert-OH is 1. The van der Waals surface area contributed by atoms with Gasteiger partial charge in [-0.3, -0.25) is 4.79 Å². The lowest BCUT2D eigenvalue weighted by atomic mass is 10.1. The van der Waals surface area contributed by atoms with Crippen molar-refractivity contribution in [2.75, 3.05) is 13.7 Å². The molecule has 0 bridgehead atoms. The fraction of sp³-hybridized carbons (Fsp3) is 0.417. The van der Waals surface area contributed by atoms with Crippen LogP contribution in [0, 0.1) is 0 Å². The minimum Gasteiger partial charge on any atom is -0.384 e. The van der Waals surface area contributed by atoms with Crippen molar-refractivity contribution in [1.29, 1.82) is 0 Å². The van der Waals surface area contributed by atoms with Crippen LogP contribution in [0.4, 0.5) is 0 Å². The van der Waals surface area contributed by atoms with Gasteiger partial charge in [-0.1, -0.05) is 23.7 Å². The summed E-state index contributed by atoms with van der Waals surface area (Å²) in [6.45, 7) is 1.71. The van der Waals surface area contributed by atoms with Crippen molar-refractivity contribution in [3.05, 3.63) is 34.9 Å². The zero-order valence-corrected chi connectivity index (χ0v) is 10.6. The van der Waals surface area contributed by atoms with Crippen LogP contribution in [-0.2, 0) is 9.53 Å². The van der Waals surface area contributed by atoms with Crippen molar-refractivity contribution >= 4 is 17.5 Å². The molecule has 0 fully saturated rings. The summed E-state index contributed by atoms with van der Waals surface area (Å²) in [6.07, 6.45) is -1.30. The van der Waals surface area contributed by atoms with Gasteiger partial charge in [0.15, 0.2) is 0 Å². The topological polar surface area (TPSA) is 58.6 Å². The highest BCUT2D eigenvalue weighted by molar-refractivity contribution is 6.30. The molecule has 0 saturated heterocycles. The van der Waals surface area contributed by atoms with Gasteiger partial charge in [0.25, 0.3) is 0 Å². The molecule has 0 aliphatic rings. The highest BCUT2D eigenvalue weighted by Gasteiger charge is 2.14. The predicted molar refractivity (Wildman–Crippen MR) is 65.9 cm³/mol. The number of amides is 1. The van der Waals surface area contributed by atoms with Gasteiger partial charge in [-0.15, -0.1) is 0 Å². The zero-order valence-electron chi connectivity index (χ0n) is 9.81. The first kappa shape index (κ1) is 14.0. The van der Waals surface area contributed by atoms with Gasteiger partial charge in [-0.05, 0) is 24.6 Å². The van der Waals surface area contributed by atoms with Gasteiger partial charge in [-0.2, -0.15) is 0 Å². The first-order valence-corrected chi connectivity index (χ1v) is 5.66. The molecular formula is C12H16ClNO3. The first-order valence-electron chi connectivity index (χ1n) is 5.28. The third kappa shape index (κ3) is 4.34. The number of ether oxygens (including phenoxy) is 1. The van der Waals surface area contributed by atoms with E-state index in [4.69, 9.17) is 21.4 Å². The molecule has 1 aromatic carbocycles. The quantitative estimate of drug-likeness (QED) is 0.841. The average Bonchev–Trinajstić information content (AvgIpc) is 2.29. The molecule has 2 N–H and O–H groups in total. The van der Waals surface area contributed by atoms with Crippen LogP contribution < -0.4 is 5.32 Å². The monoisotopic (exact) mass is 257 g/mol. The van der Waals surface area contributed by atoms with Gasteiger partial charge in [-0.25, -0.2) is 0 Å². The minimum atomic E-state index is -1.02. The molecule has 0 aliphatic carbocycles. The molecular weight excluding hydrogens is 242 g/mol. The van der Waals surface area contributed by atoms with Gasteiger partial charge in [0, 0.05) is 18.7 Å². The number of benzene rings is 1. The van der Waals surface area contributed by atoms with Crippen LogP contribution in [0.2, 0.25) is 5.02 Å². The number of methoxy groups -OCH3 is 1. The summed E-state index contributed by atoms with van der Waals surface area (Å²) >= 11 is 5.88. The van der Waals surface area contributed by atoms with Crippen molar-refractivity contribution < 1.29 is 14.6 Å². The van der Waals surface area contributed by atoms with Crippen molar-refractivity contribution in [1.82, 2.24) is 5.32 Å².